The second-order valence-electron chi connectivity index (χ2n) is 4.93. The third-order valence-corrected chi connectivity index (χ3v) is 5.51. The van der Waals surface area contributed by atoms with Crippen LogP contribution in [0.5, 0.6) is 0 Å². The van der Waals surface area contributed by atoms with E-state index in [1.807, 2.05) is 16.7 Å². The molecule has 0 aliphatic carbocycles. The van der Waals surface area contributed by atoms with Crippen LogP contribution in [0.2, 0.25) is 10.0 Å². The smallest absolute Gasteiger partial charge is 0.255 e. The molecule has 1 unspecified atom stereocenters. The summed E-state index contributed by atoms with van der Waals surface area (Å²) in [5, 5.41) is 1.33. The number of carbonyl (C=O) groups is 1. The fourth-order valence-corrected chi connectivity index (χ4v) is 3.97. The fourth-order valence-electron chi connectivity index (χ4n) is 2.50. The van der Waals surface area contributed by atoms with E-state index in [-0.39, 0.29) is 5.91 Å². The molecule has 20 heavy (non-hydrogen) atoms. The minimum atomic E-state index is 0.00102. The van der Waals surface area contributed by atoms with Crippen molar-refractivity contribution in [1.29, 1.82) is 0 Å². The van der Waals surface area contributed by atoms with E-state index in [9.17, 15) is 4.79 Å². The van der Waals surface area contributed by atoms with E-state index in [4.69, 9.17) is 23.2 Å². The van der Waals surface area contributed by atoms with Crippen LogP contribution in [0, 0.1) is 0 Å². The number of nitrogens with zero attached hydrogens (tertiary/aromatic N) is 1. The lowest BCUT2D eigenvalue weighted by atomic mass is 10.2. The molecule has 0 radical (unpaired) electrons. The topological polar surface area (TPSA) is 20.3 Å². The van der Waals surface area contributed by atoms with Crippen LogP contribution in [-0.4, -0.2) is 34.9 Å². The summed E-state index contributed by atoms with van der Waals surface area (Å²) in [4.78, 5) is 14.6. The first-order chi connectivity index (χ1) is 9.63. The highest BCUT2D eigenvalue weighted by molar-refractivity contribution is 7.99. The minimum Gasteiger partial charge on any atom is -0.337 e. The Bertz CT molecular complexity index is 481. The van der Waals surface area contributed by atoms with E-state index in [0.717, 1.165) is 25.3 Å². The average molecular weight is 332 g/mol. The zero-order valence-electron chi connectivity index (χ0n) is 11.6. The monoisotopic (exact) mass is 331 g/mol. The van der Waals surface area contributed by atoms with Gasteiger partial charge >= 0.3 is 0 Å². The summed E-state index contributed by atoms with van der Waals surface area (Å²) in [6.45, 7) is 3.78. The maximum absolute atomic E-state index is 12.6. The van der Waals surface area contributed by atoms with Crippen molar-refractivity contribution < 1.29 is 4.79 Å². The van der Waals surface area contributed by atoms with Crippen LogP contribution < -0.4 is 0 Å². The Morgan fingerprint density at radius 2 is 2.20 bits per heavy atom. The van der Waals surface area contributed by atoms with Gasteiger partial charge in [0.05, 0.1) is 15.6 Å². The lowest BCUT2D eigenvalue weighted by Crippen LogP contribution is -2.35. The Balaban J connectivity index is 2.16. The molecule has 0 aromatic heterocycles. The number of thioether (sulfide) groups is 1. The molecule has 1 saturated heterocycles. The first-order valence-electron chi connectivity index (χ1n) is 6.98. The molecule has 1 aliphatic rings. The predicted octanol–water partition coefficient (Wildman–Crippen LogP) is 4.74. The highest BCUT2D eigenvalue weighted by atomic mass is 35.5. The normalized spacial score (nSPS) is 19.8. The molecule has 2 rings (SSSR count). The van der Waals surface area contributed by atoms with Crippen molar-refractivity contribution in [3.63, 3.8) is 0 Å². The van der Waals surface area contributed by atoms with Crippen molar-refractivity contribution >= 4 is 40.9 Å². The third kappa shape index (κ3) is 3.84. The summed E-state index contributed by atoms with van der Waals surface area (Å²) in [6.07, 6.45) is 3.43. The Labute approximate surface area is 134 Å². The summed E-state index contributed by atoms with van der Waals surface area (Å²) in [5.74, 6) is 1.09. The van der Waals surface area contributed by atoms with Gasteiger partial charge in [-0.1, -0.05) is 42.6 Å². The molecule has 1 atom stereocenters. The van der Waals surface area contributed by atoms with Gasteiger partial charge in [0.1, 0.15) is 0 Å². The van der Waals surface area contributed by atoms with Crippen LogP contribution in [0.4, 0.5) is 0 Å². The lowest BCUT2D eigenvalue weighted by Gasteiger charge is -2.24. The summed E-state index contributed by atoms with van der Waals surface area (Å²) >= 11 is 14.1. The molecule has 1 heterocycles. The van der Waals surface area contributed by atoms with Crippen molar-refractivity contribution in [3.05, 3.63) is 33.8 Å². The molecule has 1 aliphatic heterocycles. The summed E-state index contributed by atoms with van der Waals surface area (Å²) in [5.41, 5.74) is 0.515. The number of hydrogen-bond donors (Lipinski definition) is 0. The maximum Gasteiger partial charge on any atom is 0.255 e. The van der Waals surface area contributed by atoms with Gasteiger partial charge in [-0.3, -0.25) is 4.79 Å². The van der Waals surface area contributed by atoms with Crippen LogP contribution in [0.15, 0.2) is 18.2 Å². The molecule has 2 nitrogen and oxygen atoms in total. The van der Waals surface area contributed by atoms with Crippen molar-refractivity contribution in [2.45, 2.75) is 31.4 Å². The van der Waals surface area contributed by atoms with Crippen molar-refractivity contribution in [2.24, 2.45) is 0 Å². The van der Waals surface area contributed by atoms with Crippen LogP contribution >= 0.6 is 35.0 Å². The average Bonchev–Trinajstić information content (AvgIpc) is 2.67. The second kappa shape index (κ2) is 7.58. The molecule has 0 saturated carbocycles. The number of likely N-dealkylation sites (tertiary alicyclic amines) is 1. The Kier molecular flexibility index (Phi) is 6.06. The van der Waals surface area contributed by atoms with Gasteiger partial charge in [0.15, 0.2) is 0 Å². The maximum atomic E-state index is 12.6. The summed E-state index contributed by atoms with van der Waals surface area (Å²) < 4.78 is 0. The summed E-state index contributed by atoms with van der Waals surface area (Å²) in [7, 11) is 0. The van der Waals surface area contributed by atoms with E-state index < -0.39 is 0 Å². The van der Waals surface area contributed by atoms with E-state index >= 15 is 0 Å². The highest BCUT2D eigenvalue weighted by Crippen LogP contribution is 2.28. The number of benzene rings is 1. The van der Waals surface area contributed by atoms with Crippen LogP contribution in [0.1, 0.15) is 36.5 Å². The first-order valence-corrected chi connectivity index (χ1v) is 8.78. The third-order valence-electron chi connectivity index (χ3n) is 3.50. The molecular weight excluding hydrogens is 313 g/mol. The van der Waals surface area contributed by atoms with Gasteiger partial charge in [-0.2, -0.15) is 11.8 Å². The quantitative estimate of drug-likeness (QED) is 0.797. The van der Waals surface area contributed by atoms with Gasteiger partial charge in [-0.25, -0.2) is 0 Å². The van der Waals surface area contributed by atoms with Crippen LogP contribution in [0.3, 0.4) is 0 Å². The van der Waals surface area contributed by atoms with Gasteiger partial charge < -0.3 is 4.90 Å². The number of carbonyl (C=O) groups excluding carboxylic acids is 1. The number of rotatable bonds is 3. The molecule has 1 aromatic carbocycles. The zero-order valence-corrected chi connectivity index (χ0v) is 13.9. The molecule has 5 heteroatoms. The summed E-state index contributed by atoms with van der Waals surface area (Å²) in [6, 6.07) is 5.24. The van der Waals surface area contributed by atoms with Gasteiger partial charge in [0.25, 0.3) is 5.91 Å². The molecule has 1 fully saturated rings. The molecule has 0 spiro atoms. The number of hydrogen-bond acceptors (Lipinski definition) is 2. The van der Waals surface area contributed by atoms with Gasteiger partial charge in [0, 0.05) is 18.3 Å². The first kappa shape index (κ1) is 16.0. The molecule has 0 bridgehead atoms. The number of halogens is 2. The largest absolute Gasteiger partial charge is 0.337 e. The standard InChI is InChI=1S/C15H19Cl2NOS/c1-2-20-11-6-3-4-9-18(10-11)15(19)12-7-5-8-13(16)14(12)17/h5,7-8,11H,2-4,6,9-10H2,1H3. The van der Waals surface area contributed by atoms with Gasteiger partial charge in [-0.15, -0.1) is 0 Å². The van der Waals surface area contributed by atoms with Crippen molar-refractivity contribution in [2.75, 3.05) is 18.8 Å². The zero-order chi connectivity index (χ0) is 14.5. The number of amides is 1. The van der Waals surface area contributed by atoms with Gasteiger partial charge in [-0.05, 0) is 30.7 Å². The van der Waals surface area contributed by atoms with E-state index in [0.29, 0.717) is 20.9 Å². The Morgan fingerprint density at radius 1 is 1.40 bits per heavy atom. The van der Waals surface area contributed by atoms with Crippen molar-refractivity contribution in [3.8, 4) is 0 Å². The molecule has 0 N–H and O–H groups in total. The molecule has 110 valence electrons. The Morgan fingerprint density at radius 3 is 2.95 bits per heavy atom. The predicted molar refractivity (Wildman–Crippen MR) is 88.1 cm³/mol. The highest BCUT2D eigenvalue weighted by Gasteiger charge is 2.24. The lowest BCUT2D eigenvalue weighted by molar-refractivity contribution is 0.0763. The van der Waals surface area contributed by atoms with E-state index in [2.05, 4.69) is 6.92 Å². The van der Waals surface area contributed by atoms with Crippen LogP contribution in [0.25, 0.3) is 0 Å². The Hall–Kier alpha value is -0.380. The fraction of sp³-hybridized carbons (Fsp3) is 0.533. The molecule has 1 amide bonds. The minimum absolute atomic E-state index is 0.00102. The van der Waals surface area contributed by atoms with E-state index in [1.54, 1.807) is 18.2 Å². The molecule has 1 aromatic rings. The van der Waals surface area contributed by atoms with Crippen LogP contribution in [-0.2, 0) is 0 Å². The van der Waals surface area contributed by atoms with Gasteiger partial charge in [0.2, 0.25) is 0 Å². The second-order valence-corrected chi connectivity index (χ2v) is 7.29. The molecular formula is C15H19Cl2NOS. The van der Waals surface area contributed by atoms with E-state index in [1.165, 1.54) is 12.8 Å². The SMILES string of the molecule is CCSC1CCCCN(C(=O)c2cccc(Cl)c2Cl)C1. The van der Waals surface area contributed by atoms with Crippen molar-refractivity contribution in [1.82, 2.24) is 4.90 Å².